The Morgan fingerprint density at radius 3 is 2.12 bits per heavy atom. The Kier molecular flexibility index (Phi) is 4.90. The molecule has 3 nitrogen and oxygen atoms in total. The van der Waals surface area contributed by atoms with E-state index >= 15 is 0 Å². The van der Waals surface area contributed by atoms with Gasteiger partial charge < -0.3 is 4.57 Å². The van der Waals surface area contributed by atoms with Crippen LogP contribution in [0, 0.1) is 0 Å². The maximum absolute atomic E-state index is 4.81. The molecule has 0 N–H and O–H groups in total. The quantitative estimate of drug-likeness (QED) is 0.221. The van der Waals surface area contributed by atoms with E-state index in [9.17, 15) is 0 Å². The lowest BCUT2D eigenvalue weighted by Gasteiger charge is -2.13. The summed E-state index contributed by atoms with van der Waals surface area (Å²) in [4.78, 5) is 4.81. The molecule has 0 aliphatic heterocycles. The second-order valence-electron chi connectivity index (χ2n) is 10.9. The summed E-state index contributed by atoms with van der Waals surface area (Å²) in [5.41, 5.74) is 9.23. The predicted octanol–water partition coefficient (Wildman–Crippen LogP) is 10.1. The first-order valence-corrected chi connectivity index (χ1v) is 14.3. The van der Waals surface area contributed by atoms with E-state index in [-0.39, 0.29) is 0 Å². The molecule has 0 spiro atoms. The van der Waals surface area contributed by atoms with Gasteiger partial charge in [-0.3, -0.25) is 4.57 Å². The molecule has 9 aromatic rings. The normalized spacial score (nSPS) is 11.8. The Bertz CT molecular complexity index is 2460. The molecule has 3 heterocycles. The fourth-order valence-corrected chi connectivity index (χ4v) is 6.69. The third-order valence-electron chi connectivity index (χ3n) is 8.54. The van der Waals surface area contributed by atoms with Crippen molar-refractivity contribution in [3.63, 3.8) is 0 Å². The summed E-state index contributed by atoms with van der Waals surface area (Å²) in [6.07, 6.45) is 1.88. The van der Waals surface area contributed by atoms with Gasteiger partial charge in [0.2, 0.25) is 0 Å². The zero-order chi connectivity index (χ0) is 27.6. The summed E-state index contributed by atoms with van der Waals surface area (Å²) < 4.78 is 4.70. The molecule has 9 rings (SSSR count). The molecule has 0 atom stereocenters. The maximum atomic E-state index is 4.81. The number of hydrogen-bond acceptors (Lipinski definition) is 1. The summed E-state index contributed by atoms with van der Waals surface area (Å²) in [5, 5.41) is 7.35. The van der Waals surface area contributed by atoms with Crippen LogP contribution in [0.5, 0.6) is 0 Å². The maximum Gasteiger partial charge on any atom is 0.145 e. The molecule has 0 saturated carbocycles. The van der Waals surface area contributed by atoms with Crippen LogP contribution in [-0.2, 0) is 0 Å². The van der Waals surface area contributed by atoms with E-state index in [2.05, 4.69) is 149 Å². The van der Waals surface area contributed by atoms with Crippen LogP contribution in [0.2, 0.25) is 0 Å². The summed E-state index contributed by atoms with van der Waals surface area (Å²) >= 11 is 0. The highest BCUT2D eigenvalue weighted by Gasteiger charge is 2.18. The number of aromatic nitrogens is 3. The van der Waals surface area contributed by atoms with Gasteiger partial charge >= 0.3 is 0 Å². The summed E-state index contributed by atoms with van der Waals surface area (Å²) in [5.74, 6) is 0. The first-order chi connectivity index (χ1) is 20.8. The van der Waals surface area contributed by atoms with E-state index in [0.717, 1.165) is 22.2 Å². The van der Waals surface area contributed by atoms with E-state index in [1.807, 2.05) is 12.3 Å². The molecule has 0 saturated heterocycles. The molecule has 196 valence electrons. The molecule has 0 radical (unpaired) electrons. The lowest BCUT2D eigenvalue weighted by atomic mass is 10.00. The SMILES string of the molecule is c1ccc(-n2c3ccc(-c4cccc5c6ccccc6n(-c6ccc7ccccc7c6)c45)cc3c3cccnc32)cc1. The van der Waals surface area contributed by atoms with Crippen LogP contribution in [0.25, 0.3) is 77.0 Å². The van der Waals surface area contributed by atoms with Crippen LogP contribution in [0.4, 0.5) is 0 Å². The van der Waals surface area contributed by atoms with Crippen molar-refractivity contribution < 1.29 is 0 Å². The molecule has 0 aliphatic carbocycles. The second-order valence-corrected chi connectivity index (χ2v) is 10.9. The van der Waals surface area contributed by atoms with Gasteiger partial charge in [0.05, 0.1) is 16.6 Å². The molecule has 6 aromatic carbocycles. The number of rotatable bonds is 3. The van der Waals surface area contributed by atoms with Crippen LogP contribution < -0.4 is 0 Å². The summed E-state index contributed by atoms with van der Waals surface area (Å²) in [6, 6.07) is 52.4. The van der Waals surface area contributed by atoms with Crippen molar-refractivity contribution in [1.82, 2.24) is 14.1 Å². The van der Waals surface area contributed by atoms with Crippen molar-refractivity contribution >= 4 is 54.5 Å². The summed E-state index contributed by atoms with van der Waals surface area (Å²) in [7, 11) is 0. The second kappa shape index (κ2) is 8.92. The van der Waals surface area contributed by atoms with E-state index in [1.165, 1.54) is 54.8 Å². The van der Waals surface area contributed by atoms with E-state index in [0.29, 0.717) is 0 Å². The smallest absolute Gasteiger partial charge is 0.145 e. The molecule has 3 aromatic heterocycles. The highest BCUT2D eigenvalue weighted by molar-refractivity contribution is 6.15. The Morgan fingerprint density at radius 1 is 0.429 bits per heavy atom. The molecule has 0 fully saturated rings. The highest BCUT2D eigenvalue weighted by atomic mass is 15.0. The first kappa shape index (κ1) is 23.1. The Hall–Kier alpha value is -5.67. The first-order valence-electron chi connectivity index (χ1n) is 14.3. The number of nitrogens with zero attached hydrogens (tertiary/aromatic N) is 3. The minimum Gasteiger partial charge on any atom is -0.309 e. The van der Waals surface area contributed by atoms with Crippen LogP contribution in [-0.4, -0.2) is 14.1 Å². The largest absolute Gasteiger partial charge is 0.309 e. The highest BCUT2D eigenvalue weighted by Crippen LogP contribution is 2.40. The van der Waals surface area contributed by atoms with Gasteiger partial charge in [0, 0.05) is 44.7 Å². The Morgan fingerprint density at radius 2 is 1.19 bits per heavy atom. The van der Waals surface area contributed by atoms with Gasteiger partial charge in [-0.1, -0.05) is 91.0 Å². The van der Waals surface area contributed by atoms with Gasteiger partial charge in [-0.25, -0.2) is 4.98 Å². The number of fused-ring (bicyclic) bond motifs is 7. The van der Waals surface area contributed by atoms with Crippen LogP contribution in [0.15, 0.2) is 152 Å². The average molecular weight is 536 g/mol. The van der Waals surface area contributed by atoms with Crippen molar-refractivity contribution in [3.8, 4) is 22.5 Å². The number of para-hydroxylation sites is 3. The van der Waals surface area contributed by atoms with Gasteiger partial charge in [-0.05, 0) is 70.9 Å². The average Bonchev–Trinajstić information content (AvgIpc) is 3.58. The van der Waals surface area contributed by atoms with Gasteiger partial charge in [0.25, 0.3) is 0 Å². The molecule has 0 aliphatic rings. The van der Waals surface area contributed by atoms with Crippen molar-refractivity contribution in [3.05, 3.63) is 152 Å². The lowest BCUT2D eigenvalue weighted by Crippen LogP contribution is -1.96. The van der Waals surface area contributed by atoms with Gasteiger partial charge in [0.15, 0.2) is 0 Å². The molecular weight excluding hydrogens is 510 g/mol. The third-order valence-corrected chi connectivity index (χ3v) is 8.54. The fraction of sp³-hybridized carbons (Fsp3) is 0. The standard InChI is InChI=1S/C39H25N3/c1-2-12-29(13-3-1)42-37-22-20-28(25-35(37)34-17-9-23-40-39(34)42)31-15-8-16-33-32-14-6-7-18-36(32)41(38(31)33)30-21-19-26-10-4-5-11-27(26)24-30/h1-25H. The minimum absolute atomic E-state index is 0.972. The zero-order valence-corrected chi connectivity index (χ0v) is 22.8. The Labute approximate surface area is 242 Å². The molecular formula is C39H25N3. The molecule has 0 amide bonds. The number of pyridine rings is 1. The van der Waals surface area contributed by atoms with Gasteiger partial charge in [0.1, 0.15) is 5.65 Å². The monoisotopic (exact) mass is 535 g/mol. The zero-order valence-electron chi connectivity index (χ0n) is 22.8. The van der Waals surface area contributed by atoms with Gasteiger partial charge in [-0.2, -0.15) is 0 Å². The van der Waals surface area contributed by atoms with Gasteiger partial charge in [-0.15, -0.1) is 0 Å². The van der Waals surface area contributed by atoms with Crippen molar-refractivity contribution in [2.75, 3.05) is 0 Å². The minimum atomic E-state index is 0.972. The summed E-state index contributed by atoms with van der Waals surface area (Å²) in [6.45, 7) is 0. The van der Waals surface area contributed by atoms with Crippen LogP contribution in [0.1, 0.15) is 0 Å². The molecule has 0 unspecified atom stereocenters. The van der Waals surface area contributed by atoms with E-state index in [4.69, 9.17) is 4.98 Å². The van der Waals surface area contributed by atoms with Crippen molar-refractivity contribution in [2.24, 2.45) is 0 Å². The topological polar surface area (TPSA) is 22.8 Å². The lowest BCUT2D eigenvalue weighted by molar-refractivity contribution is 1.14. The predicted molar refractivity (Wildman–Crippen MR) is 176 cm³/mol. The Balaban J connectivity index is 1.36. The van der Waals surface area contributed by atoms with E-state index in [1.54, 1.807) is 0 Å². The third kappa shape index (κ3) is 3.31. The molecule has 42 heavy (non-hydrogen) atoms. The van der Waals surface area contributed by atoms with Crippen molar-refractivity contribution in [1.29, 1.82) is 0 Å². The van der Waals surface area contributed by atoms with E-state index < -0.39 is 0 Å². The van der Waals surface area contributed by atoms with Crippen molar-refractivity contribution in [2.45, 2.75) is 0 Å². The number of benzene rings is 6. The van der Waals surface area contributed by atoms with Crippen LogP contribution in [0.3, 0.4) is 0 Å². The fourth-order valence-electron chi connectivity index (χ4n) is 6.69. The van der Waals surface area contributed by atoms with Crippen LogP contribution >= 0.6 is 0 Å². The number of hydrogen-bond donors (Lipinski definition) is 0. The molecule has 3 heteroatoms. The molecule has 0 bridgehead atoms.